The molecule has 0 amide bonds. The molecule has 0 radical (unpaired) electrons. The molecule has 1 fully saturated rings. The minimum atomic E-state index is -0.812. The molecule has 3 N–H and O–H groups in total. The van der Waals surface area contributed by atoms with E-state index in [1.54, 1.807) is 12.3 Å². The number of nitrogens with zero attached hydrogens (tertiary/aromatic N) is 3. The Hall–Kier alpha value is -2.94. The summed E-state index contributed by atoms with van der Waals surface area (Å²) in [7, 11) is 0. The summed E-state index contributed by atoms with van der Waals surface area (Å²) in [4.78, 5) is 10.4. The highest BCUT2D eigenvalue weighted by Gasteiger charge is 2.26. The standard InChI is InChI=1S/C21H27F2N5O2/c1-2-24-21(26-12-17(29)14-30-18-7-5-15(22)6-8-18)27-16-9-11-28(13-16)20-19(23)4-3-10-25-20/h3-8,10,16-17,29H,2,9,11-14H2,1H3,(H2,24,26,27). The van der Waals surface area contributed by atoms with Gasteiger partial charge < -0.3 is 25.4 Å². The van der Waals surface area contributed by atoms with Crippen molar-refractivity contribution in [1.29, 1.82) is 0 Å². The molecule has 0 bridgehead atoms. The van der Waals surface area contributed by atoms with Crippen LogP contribution in [0.3, 0.4) is 0 Å². The molecule has 1 aromatic heterocycles. The predicted molar refractivity (Wildman–Crippen MR) is 112 cm³/mol. The average molecular weight is 419 g/mol. The van der Waals surface area contributed by atoms with Crippen molar-refractivity contribution in [2.45, 2.75) is 25.5 Å². The number of hydrogen-bond donors (Lipinski definition) is 3. The lowest BCUT2D eigenvalue weighted by molar-refractivity contribution is 0.114. The Morgan fingerprint density at radius 1 is 1.33 bits per heavy atom. The molecule has 7 nitrogen and oxygen atoms in total. The number of aliphatic hydroxyl groups excluding tert-OH is 1. The highest BCUT2D eigenvalue weighted by Crippen LogP contribution is 2.20. The van der Waals surface area contributed by atoms with Crippen LogP contribution in [0.25, 0.3) is 0 Å². The SMILES string of the molecule is CCNC(=NCC(O)COc1ccc(F)cc1)NC1CCN(c2ncccc2F)C1. The summed E-state index contributed by atoms with van der Waals surface area (Å²) in [6.07, 6.45) is 1.59. The molecule has 1 aliphatic rings. The van der Waals surface area contributed by atoms with E-state index < -0.39 is 6.10 Å². The number of anilines is 1. The second-order valence-corrected chi connectivity index (χ2v) is 7.02. The van der Waals surface area contributed by atoms with Gasteiger partial charge in [-0.1, -0.05) is 0 Å². The van der Waals surface area contributed by atoms with Crippen molar-refractivity contribution in [3.05, 3.63) is 54.2 Å². The minimum Gasteiger partial charge on any atom is -0.491 e. The van der Waals surface area contributed by atoms with Crippen molar-refractivity contribution < 1.29 is 18.6 Å². The smallest absolute Gasteiger partial charge is 0.191 e. The lowest BCUT2D eigenvalue weighted by Gasteiger charge is -2.20. The Bertz CT molecular complexity index is 834. The number of aliphatic hydroxyl groups is 1. The fourth-order valence-electron chi connectivity index (χ4n) is 3.17. The van der Waals surface area contributed by atoms with Crippen LogP contribution in [-0.4, -0.2) is 61.0 Å². The molecule has 2 aromatic rings. The lowest BCUT2D eigenvalue weighted by atomic mass is 10.3. The van der Waals surface area contributed by atoms with Crippen molar-refractivity contribution in [3.63, 3.8) is 0 Å². The molecule has 0 saturated carbocycles. The first kappa shape index (κ1) is 21.8. The van der Waals surface area contributed by atoms with E-state index in [1.807, 2.05) is 11.8 Å². The fraction of sp³-hybridized carbons (Fsp3) is 0.429. The molecule has 2 atom stereocenters. The molecule has 2 heterocycles. The van der Waals surface area contributed by atoms with Gasteiger partial charge in [0.1, 0.15) is 24.3 Å². The summed E-state index contributed by atoms with van der Waals surface area (Å²) < 4.78 is 32.3. The predicted octanol–water partition coefficient (Wildman–Crippen LogP) is 1.93. The number of rotatable bonds is 8. The summed E-state index contributed by atoms with van der Waals surface area (Å²) in [6.45, 7) is 4.11. The maximum Gasteiger partial charge on any atom is 0.191 e. The fourth-order valence-corrected chi connectivity index (χ4v) is 3.17. The van der Waals surface area contributed by atoms with Crippen molar-refractivity contribution in [3.8, 4) is 5.75 Å². The van der Waals surface area contributed by atoms with E-state index in [0.29, 0.717) is 37.2 Å². The number of aliphatic imine (C=N–C) groups is 1. The van der Waals surface area contributed by atoms with Crippen molar-refractivity contribution >= 4 is 11.8 Å². The zero-order valence-electron chi connectivity index (χ0n) is 16.9. The number of benzene rings is 1. The van der Waals surface area contributed by atoms with Gasteiger partial charge >= 0.3 is 0 Å². The quantitative estimate of drug-likeness (QED) is 0.448. The lowest BCUT2D eigenvalue weighted by Crippen LogP contribution is -2.45. The monoisotopic (exact) mass is 419 g/mol. The summed E-state index contributed by atoms with van der Waals surface area (Å²) in [5.41, 5.74) is 0. The number of halogens is 2. The summed E-state index contributed by atoms with van der Waals surface area (Å²) in [5, 5.41) is 16.6. The minimum absolute atomic E-state index is 0.0463. The third kappa shape index (κ3) is 6.28. The van der Waals surface area contributed by atoms with Crippen molar-refractivity contribution in [1.82, 2.24) is 15.6 Å². The first-order valence-electron chi connectivity index (χ1n) is 10.0. The number of guanidine groups is 1. The third-order valence-electron chi connectivity index (χ3n) is 4.63. The van der Waals surface area contributed by atoms with Crippen LogP contribution in [0, 0.1) is 11.6 Å². The van der Waals surface area contributed by atoms with Gasteiger partial charge in [0.15, 0.2) is 17.6 Å². The number of ether oxygens (including phenoxy) is 1. The summed E-state index contributed by atoms with van der Waals surface area (Å²) in [5.74, 6) is 0.745. The van der Waals surface area contributed by atoms with E-state index in [0.717, 1.165) is 6.42 Å². The summed E-state index contributed by atoms with van der Waals surface area (Å²) in [6, 6.07) is 8.68. The van der Waals surface area contributed by atoms with Crippen molar-refractivity contribution in [2.24, 2.45) is 4.99 Å². The van der Waals surface area contributed by atoms with Crippen LogP contribution in [0.5, 0.6) is 5.75 Å². The van der Waals surface area contributed by atoms with Crippen LogP contribution in [0.1, 0.15) is 13.3 Å². The van der Waals surface area contributed by atoms with Gasteiger partial charge in [-0.15, -0.1) is 0 Å². The van der Waals surface area contributed by atoms with Gasteiger partial charge in [-0.25, -0.2) is 13.8 Å². The van der Waals surface area contributed by atoms with E-state index in [4.69, 9.17) is 4.74 Å². The Morgan fingerprint density at radius 3 is 2.87 bits per heavy atom. The van der Waals surface area contributed by atoms with Crippen molar-refractivity contribution in [2.75, 3.05) is 37.7 Å². The number of nitrogens with one attached hydrogen (secondary N) is 2. The van der Waals surface area contributed by atoms with Crippen LogP contribution in [0.15, 0.2) is 47.6 Å². The van der Waals surface area contributed by atoms with Gasteiger partial charge in [0.25, 0.3) is 0 Å². The van der Waals surface area contributed by atoms with Gasteiger partial charge in [0, 0.05) is 31.9 Å². The molecule has 1 aliphatic heterocycles. The average Bonchev–Trinajstić information content (AvgIpc) is 3.20. The molecule has 30 heavy (non-hydrogen) atoms. The molecule has 2 unspecified atom stereocenters. The largest absolute Gasteiger partial charge is 0.491 e. The van der Waals surface area contributed by atoms with Gasteiger partial charge in [0.05, 0.1) is 6.54 Å². The third-order valence-corrected chi connectivity index (χ3v) is 4.63. The van der Waals surface area contributed by atoms with Gasteiger partial charge in [-0.2, -0.15) is 0 Å². The molecule has 0 aliphatic carbocycles. The number of aromatic nitrogens is 1. The van der Waals surface area contributed by atoms with Crippen LogP contribution in [-0.2, 0) is 0 Å². The maximum absolute atomic E-state index is 14.0. The Labute approximate surface area is 174 Å². The summed E-state index contributed by atoms with van der Waals surface area (Å²) >= 11 is 0. The first-order chi connectivity index (χ1) is 14.5. The molecule has 1 aromatic carbocycles. The van der Waals surface area contributed by atoms with E-state index in [9.17, 15) is 13.9 Å². The zero-order chi connectivity index (χ0) is 21.3. The van der Waals surface area contributed by atoms with Gasteiger partial charge in [-0.3, -0.25) is 4.99 Å². The molecule has 1 saturated heterocycles. The Kier molecular flexibility index (Phi) is 7.78. The Morgan fingerprint density at radius 2 is 2.13 bits per heavy atom. The van der Waals surface area contributed by atoms with E-state index >= 15 is 0 Å². The van der Waals surface area contributed by atoms with Crippen LogP contribution >= 0.6 is 0 Å². The second-order valence-electron chi connectivity index (χ2n) is 7.02. The highest BCUT2D eigenvalue weighted by atomic mass is 19.1. The van der Waals surface area contributed by atoms with E-state index in [1.165, 1.54) is 30.3 Å². The second kappa shape index (κ2) is 10.7. The maximum atomic E-state index is 14.0. The zero-order valence-corrected chi connectivity index (χ0v) is 16.9. The molecule has 3 rings (SSSR count). The molecular weight excluding hydrogens is 392 g/mol. The molecular formula is C21H27F2N5O2. The van der Waals surface area contributed by atoms with Crippen LogP contribution in [0.2, 0.25) is 0 Å². The molecule has 0 spiro atoms. The van der Waals surface area contributed by atoms with Gasteiger partial charge in [0.2, 0.25) is 0 Å². The highest BCUT2D eigenvalue weighted by molar-refractivity contribution is 5.80. The molecule has 162 valence electrons. The van der Waals surface area contributed by atoms with Gasteiger partial charge in [-0.05, 0) is 49.7 Å². The topological polar surface area (TPSA) is 82.0 Å². The first-order valence-corrected chi connectivity index (χ1v) is 10.0. The molecule has 9 heteroatoms. The Balaban J connectivity index is 1.49. The van der Waals surface area contributed by atoms with E-state index in [2.05, 4.69) is 20.6 Å². The normalized spacial score (nSPS) is 17.7. The number of pyridine rings is 1. The van der Waals surface area contributed by atoms with E-state index in [-0.39, 0.29) is 30.8 Å². The van der Waals surface area contributed by atoms with Crippen LogP contribution < -0.4 is 20.3 Å². The number of hydrogen-bond acceptors (Lipinski definition) is 5. The van der Waals surface area contributed by atoms with Crippen LogP contribution in [0.4, 0.5) is 14.6 Å².